The number of benzene rings is 2. The number of alkyl carbamates (subject to hydrolysis) is 1. The van der Waals surface area contributed by atoms with Crippen molar-refractivity contribution >= 4 is 39.5 Å². The first kappa shape index (κ1) is 26.2. The van der Waals surface area contributed by atoms with Crippen molar-refractivity contribution in [2.75, 3.05) is 6.54 Å². The number of nitrogens with zero attached hydrogens (tertiary/aromatic N) is 2. The molecule has 1 aromatic heterocycles. The molecule has 0 bridgehead atoms. The molecule has 0 aliphatic heterocycles. The van der Waals surface area contributed by atoms with Crippen molar-refractivity contribution in [3.05, 3.63) is 65.2 Å². The number of fused-ring (bicyclic) bond motifs is 1. The van der Waals surface area contributed by atoms with Gasteiger partial charge in [0.05, 0.1) is 10.2 Å². The van der Waals surface area contributed by atoms with E-state index in [0.717, 1.165) is 15.8 Å². The molecule has 0 fully saturated rings. The highest BCUT2D eigenvalue weighted by Crippen LogP contribution is 2.28. The van der Waals surface area contributed by atoms with E-state index in [2.05, 4.69) is 10.3 Å². The Balaban J connectivity index is 1.60. The van der Waals surface area contributed by atoms with Crippen LogP contribution in [0.1, 0.15) is 55.4 Å². The lowest BCUT2D eigenvalue weighted by molar-refractivity contribution is 0.0525. The Morgan fingerprint density at radius 1 is 1.06 bits per heavy atom. The molecule has 0 aliphatic rings. The molecule has 0 unspecified atom stereocenters. The average Bonchev–Trinajstić information content (AvgIpc) is 3.25. The number of thiazole rings is 1. The predicted molar refractivity (Wildman–Crippen MR) is 136 cm³/mol. The number of carbonyl (C=O) groups is 3. The van der Waals surface area contributed by atoms with E-state index in [4.69, 9.17) is 4.74 Å². The van der Waals surface area contributed by atoms with Gasteiger partial charge in [0.15, 0.2) is 5.01 Å². The number of ketones is 1. The molecule has 2 aromatic carbocycles. The number of amides is 2. The molecule has 0 radical (unpaired) electrons. The van der Waals surface area contributed by atoms with E-state index in [1.165, 1.54) is 16.2 Å². The topological polar surface area (TPSA) is 109 Å². The highest BCUT2D eigenvalue weighted by molar-refractivity contribution is 7.20. The van der Waals surface area contributed by atoms with Crippen molar-refractivity contribution in [1.29, 1.82) is 0 Å². The number of Topliss-reactive ketones (excluding diaryl/α,β-unsaturated/α-hetero) is 1. The number of unbranched alkanes of at least 4 members (excludes halogenated alkanes) is 1. The zero-order chi connectivity index (χ0) is 25.4. The third-order valence-corrected chi connectivity index (χ3v) is 6.49. The maximum atomic E-state index is 13.5. The summed E-state index contributed by atoms with van der Waals surface area (Å²) in [5.41, 5.74) is 0.841. The van der Waals surface area contributed by atoms with Crippen molar-refractivity contribution in [2.24, 2.45) is 0 Å². The molecule has 9 heteroatoms. The Labute approximate surface area is 208 Å². The van der Waals surface area contributed by atoms with Crippen molar-refractivity contribution in [3.8, 4) is 0 Å². The van der Waals surface area contributed by atoms with Crippen LogP contribution in [-0.2, 0) is 11.3 Å². The highest BCUT2D eigenvalue weighted by Gasteiger charge is 2.38. The number of carboxylic acid groups (broad SMARTS) is 1. The van der Waals surface area contributed by atoms with Crippen LogP contribution >= 0.6 is 11.3 Å². The van der Waals surface area contributed by atoms with Crippen LogP contribution in [0.15, 0.2) is 54.6 Å². The third kappa shape index (κ3) is 7.26. The zero-order valence-electron chi connectivity index (χ0n) is 20.2. The van der Waals surface area contributed by atoms with Crippen LogP contribution in [0.3, 0.4) is 0 Å². The van der Waals surface area contributed by atoms with Crippen LogP contribution in [-0.4, -0.2) is 51.1 Å². The maximum absolute atomic E-state index is 13.5. The van der Waals surface area contributed by atoms with Crippen molar-refractivity contribution < 1.29 is 24.2 Å². The fourth-order valence-electron chi connectivity index (χ4n) is 3.81. The molecular formula is C26H31N3O5S. The Morgan fingerprint density at radius 3 is 2.40 bits per heavy atom. The van der Waals surface area contributed by atoms with Crippen molar-refractivity contribution in [3.63, 3.8) is 0 Å². The lowest BCUT2D eigenvalue weighted by atomic mass is 9.97. The summed E-state index contributed by atoms with van der Waals surface area (Å²) in [5, 5.41) is 12.9. The second-order valence-corrected chi connectivity index (χ2v) is 10.2. The summed E-state index contributed by atoms with van der Waals surface area (Å²) in [6, 6.07) is 16.0. The van der Waals surface area contributed by atoms with Gasteiger partial charge in [0.2, 0.25) is 5.78 Å². The quantitative estimate of drug-likeness (QED) is 0.274. The molecule has 2 N–H and O–H groups in total. The van der Waals surface area contributed by atoms with E-state index in [9.17, 15) is 19.5 Å². The highest BCUT2D eigenvalue weighted by atomic mass is 32.1. The molecule has 0 saturated carbocycles. The van der Waals surface area contributed by atoms with E-state index in [1.807, 2.05) is 54.6 Å². The van der Waals surface area contributed by atoms with Crippen LogP contribution < -0.4 is 5.32 Å². The normalized spacial score (nSPS) is 12.2. The van der Waals surface area contributed by atoms with Crippen LogP contribution in [0.4, 0.5) is 9.59 Å². The van der Waals surface area contributed by atoms with Gasteiger partial charge in [-0.25, -0.2) is 14.6 Å². The first-order chi connectivity index (χ1) is 16.7. The number of hydrogen-bond donors (Lipinski definition) is 2. The largest absolute Gasteiger partial charge is 0.465 e. The van der Waals surface area contributed by atoms with Crippen LogP contribution in [0.25, 0.3) is 10.2 Å². The number of nitrogens with one attached hydrogen (secondary N) is 1. The van der Waals surface area contributed by atoms with E-state index in [-0.39, 0.29) is 12.4 Å². The van der Waals surface area contributed by atoms with Gasteiger partial charge in [-0.2, -0.15) is 0 Å². The standard InChI is InChI=1S/C26H31N3O5S/c1-26(2,3)29(25(32)33)20(22(30)23-28-19-13-7-8-15-21(19)35-23)14-9-10-16-27-24(31)34-17-18-11-5-4-6-12-18/h4-8,11-13,15,20H,9-10,14,16-17H2,1-3H3,(H,27,31)(H,32,33)/t20-/m0/s1. The van der Waals surface area contributed by atoms with Gasteiger partial charge in [-0.15, -0.1) is 11.3 Å². The molecule has 0 saturated heterocycles. The molecule has 2 amide bonds. The van der Waals surface area contributed by atoms with Gasteiger partial charge in [-0.3, -0.25) is 9.69 Å². The SMILES string of the molecule is CC(C)(C)N(C(=O)O)[C@@H](CCCCNC(=O)OCc1ccccc1)C(=O)c1nc2ccccc2s1. The molecule has 1 atom stereocenters. The Bertz CT molecular complexity index is 1120. The molecule has 3 rings (SSSR count). The minimum Gasteiger partial charge on any atom is -0.465 e. The molecular weight excluding hydrogens is 466 g/mol. The van der Waals surface area contributed by atoms with E-state index in [1.54, 1.807) is 20.8 Å². The Morgan fingerprint density at radius 2 is 1.74 bits per heavy atom. The molecule has 35 heavy (non-hydrogen) atoms. The van der Waals surface area contributed by atoms with Gasteiger partial charge in [0.1, 0.15) is 12.6 Å². The third-order valence-electron chi connectivity index (χ3n) is 5.43. The second-order valence-electron chi connectivity index (χ2n) is 9.17. The second kappa shape index (κ2) is 11.8. The Kier molecular flexibility index (Phi) is 8.81. The summed E-state index contributed by atoms with van der Waals surface area (Å²) < 4.78 is 6.08. The Hall–Kier alpha value is -3.46. The number of aromatic nitrogens is 1. The zero-order valence-corrected chi connectivity index (χ0v) is 21.0. The van der Waals surface area contributed by atoms with Gasteiger partial charge >= 0.3 is 12.2 Å². The number of rotatable bonds is 10. The van der Waals surface area contributed by atoms with Crippen molar-refractivity contribution in [2.45, 2.75) is 58.2 Å². The summed E-state index contributed by atoms with van der Waals surface area (Å²) in [4.78, 5) is 43.2. The van der Waals surface area contributed by atoms with Gasteiger partial charge in [0.25, 0.3) is 0 Å². The monoisotopic (exact) mass is 497 g/mol. The molecule has 8 nitrogen and oxygen atoms in total. The fraction of sp³-hybridized carbons (Fsp3) is 0.385. The van der Waals surface area contributed by atoms with Crippen LogP contribution in [0.5, 0.6) is 0 Å². The van der Waals surface area contributed by atoms with E-state index < -0.39 is 23.8 Å². The maximum Gasteiger partial charge on any atom is 0.408 e. The molecule has 1 heterocycles. The van der Waals surface area contributed by atoms with Crippen LogP contribution in [0.2, 0.25) is 0 Å². The summed E-state index contributed by atoms with van der Waals surface area (Å²) in [5.74, 6) is -0.307. The van der Waals surface area contributed by atoms with E-state index in [0.29, 0.717) is 30.8 Å². The predicted octanol–water partition coefficient (Wildman–Crippen LogP) is 5.72. The first-order valence-corrected chi connectivity index (χ1v) is 12.3. The number of ether oxygens (including phenoxy) is 1. The molecule has 0 spiro atoms. The number of para-hydroxylation sites is 1. The van der Waals surface area contributed by atoms with E-state index >= 15 is 0 Å². The fourth-order valence-corrected chi connectivity index (χ4v) is 4.77. The lowest BCUT2D eigenvalue weighted by Gasteiger charge is -2.38. The summed E-state index contributed by atoms with van der Waals surface area (Å²) in [6.07, 6.45) is -0.238. The van der Waals surface area contributed by atoms with Crippen molar-refractivity contribution in [1.82, 2.24) is 15.2 Å². The van der Waals surface area contributed by atoms with Crippen LogP contribution in [0, 0.1) is 0 Å². The van der Waals surface area contributed by atoms with Gasteiger partial charge in [-0.1, -0.05) is 42.5 Å². The smallest absolute Gasteiger partial charge is 0.408 e. The molecule has 3 aromatic rings. The summed E-state index contributed by atoms with van der Waals surface area (Å²) in [7, 11) is 0. The number of carbonyl (C=O) groups excluding carboxylic acids is 2. The minimum absolute atomic E-state index is 0.185. The minimum atomic E-state index is -1.15. The van der Waals surface area contributed by atoms with Gasteiger partial charge in [-0.05, 0) is 57.7 Å². The van der Waals surface area contributed by atoms with Gasteiger partial charge in [0, 0.05) is 12.1 Å². The average molecular weight is 498 g/mol. The molecule has 0 aliphatic carbocycles. The number of hydrogen-bond acceptors (Lipinski definition) is 6. The summed E-state index contributed by atoms with van der Waals surface area (Å²) in [6.45, 7) is 5.85. The summed E-state index contributed by atoms with van der Waals surface area (Å²) >= 11 is 1.27. The molecule has 186 valence electrons. The first-order valence-electron chi connectivity index (χ1n) is 11.5. The van der Waals surface area contributed by atoms with Gasteiger partial charge < -0.3 is 15.2 Å². The lowest BCUT2D eigenvalue weighted by Crippen LogP contribution is -2.54.